The van der Waals surface area contributed by atoms with Gasteiger partial charge in [-0.1, -0.05) is 19.3 Å². The normalized spacial score (nSPS) is 19.1. The van der Waals surface area contributed by atoms with Crippen molar-refractivity contribution in [2.75, 3.05) is 6.54 Å². The van der Waals surface area contributed by atoms with Crippen LogP contribution in [0.25, 0.3) is 0 Å². The fourth-order valence-corrected chi connectivity index (χ4v) is 2.98. The molecule has 1 aromatic carbocycles. The van der Waals surface area contributed by atoms with Crippen molar-refractivity contribution < 1.29 is 23.2 Å². The molecule has 3 amide bonds. The summed E-state index contributed by atoms with van der Waals surface area (Å²) < 4.78 is 26.4. The zero-order valence-corrected chi connectivity index (χ0v) is 15.3. The van der Waals surface area contributed by atoms with E-state index in [1.54, 1.807) is 0 Å². The Labute approximate surface area is 157 Å². The molecule has 0 aromatic heterocycles. The molecule has 3 N–H and O–H groups in total. The number of carbonyl (C=O) groups excluding carboxylic acids is 3. The van der Waals surface area contributed by atoms with E-state index in [0.717, 1.165) is 43.9 Å². The fourth-order valence-electron chi connectivity index (χ4n) is 2.98. The number of benzene rings is 1. The van der Waals surface area contributed by atoms with Crippen LogP contribution in [0.15, 0.2) is 18.2 Å². The summed E-state index contributed by atoms with van der Waals surface area (Å²) in [5.41, 5.74) is 0.174. The quantitative estimate of drug-likeness (QED) is 0.724. The summed E-state index contributed by atoms with van der Waals surface area (Å²) in [5.74, 6) is -2.78. The summed E-state index contributed by atoms with van der Waals surface area (Å²) in [6.07, 6.45) is 4.08. The summed E-state index contributed by atoms with van der Waals surface area (Å²) in [6, 6.07) is 1.34. The van der Waals surface area contributed by atoms with Crippen LogP contribution in [0.1, 0.15) is 44.6 Å². The highest BCUT2D eigenvalue weighted by molar-refractivity contribution is 5.92. The Morgan fingerprint density at radius 2 is 1.81 bits per heavy atom. The molecule has 0 saturated carbocycles. The first kappa shape index (κ1) is 20.8. The van der Waals surface area contributed by atoms with Gasteiger partial charge in [0.15, 0.2) is 0 Å². The number of nitrogens with one attached hydrogen (secondary N) is 3. The molecule has 0 spiro atoms. The smallest absolute Gasteiger partial charge is 0.242 e. The molecule has 0 bridgehead atoms. The van der Waals surface area contributed by atoms with Gasteiger partial charge in [0, 0.05) is 12.6 Å². The molecule has 1 aromatic rings. The maximum Gasteiger partial charge on any atom is 0.242 e. The minimum absolute atomic E-state index is 0.174. The lowest BCUT2D eigenvalue weighted by molar-refractivity contribution is -0.131. The van der Waals surface area contributed by atoms with E-state index in [-0.39, 0.29) is 17.9 Å². The Balaban J connectivity index is 1.87. The SMILES string of the molecule is CC(NC(=O)Cc1cc(F)cc(F)c1)C(=O)NC1CCCCCCNC1=O. The number of rotatable bonds is 5. The third-order valence-electron chi connectivity index (χ3n) is 4.41. The zero-order valence-electron chi connectivity index (χ0n) is 15.3. The summed E-state index contributed by atoms with van der Waals surface area (Å²) in [5, 5.41) is 7.94. The van der Waals surface area contributed by atoms with E-state index in [0.29, 0.717) is 13.0 Å². The van der Waals surface area contributed by atoms with Crippen LogP contribution in [0.3, 0.4) is 0 Å². The highest BCUT2D eigenvalue weighted by atomic mass is 19.1. The summed E-state index contributed by atoms with van der Waals surface area (Å²) >= 11 is 0. The largest absolute Gasteiger partial charge is 0.354 e. The van der Waals surface area contributed by atoms with E-state index < -0.39 is 35.5 Å². The van der Waals surface area contributed by atoms with E-state index in [1.807, 2.05) is 0 Å². The standard InChI is InChI=1S/C19H25F2N3O3/c1-12(23-17(25)10-13-8-14(20)11-15(21)9-13)18(26)24-16-6-4-2-3-5-7-22-19(16)27/h8-9,11-12,16H,2-7,10H2,1H3,(H,22,27)(H,23,25)(H,24,26). The average molecular weight is 381 g/mol. The molecule has 8 heteroatoms. The van der Waals surface area contributed by atoms with Crippen molar-refractivity contribution in [2.45, 2.75) is 57.5 Å². The molecule has 1 saturated heterocycles. The molecule has 1 aliphatic heterocycles. The summed E-state index contributed by atoms with van der Waals surface area (Å²) in [6.45, 7) is 2.08. The van der Waals surface area contributed by atoms with Crippen LogP contribution in [0, 0.1) is 11.6 Å². The van der Waals surface area contributed by atoms with Gasteiger partial charge in [-0.3, -0.25) is 14.4 Å². The van der Waals surface area contributed by atoms with E-state index in [4.69, 9.17) is 0 Å². The van der Waals surface area contributed by atoms with E-state index in [1.165, 1.54) is 6.92 Å². The van der Waals surface area contributed by atoms with Crippen molar-refractivity contribution in [1.82, 2.24) is 16.0 Å². The first-order valence-electron chi connectivity index (χ1n) is 9.17. The van der Waals surface area contributed by atoms with Crippen LogP contribution < -0.4 is 16.0 Å². The third kappa shape index (κ3) is 6.96. The van der Waals surface area contributed by atoms with Crippen molar-refractivity contribution in [1.29, 1.82) is 0 Å². The number of hydrogen-bond donors (Lipinski definition) is 3. The highest BCUT2D eigenvalue weighted by Gasteiger charge is 2.24. The molecule has 1 heterocycles. The van der Waals surface area contributed by atoms with Gasteiger partial charge < -0.3 is 16.0 Å². The number of halogens is 2. The number of hydrogen-bond acceptors (Lipinski definition) is 3. The lowest BCUT2D eigenvalue weighted by atomic mass is 10.1. The van der Waals surface area contributed by atoms with Gasteiger partial charge in [-0.2, -0.15) is 0 Å². The number of amides is 3. The monoisotopic (exact) mass is 381 g/mol. The topological polar surface area (TPSA) is 87.3 Å². The van der Waals surface area contributed by atoms with Crippen molar-refractivity contribution in [3.8, 4) is 0 Å². The van der Waals surface area contributed by atoms with Crippen LogP contribution in [0.2, 0.25) is 0 Å². The molecule has 1 aliphatic rings. The fraction of sp³-hybridized carbons (Fsp3) is 0.526. The Kier molecular flexibility index (Phi) is 7.69. The molecule has 6 nitrogen and oxygen atoms in total. The first-order chi connectivity index (χ1) is 12.8. The maximum atomic E-state index is 13.2. The van der Waals surface area contributed by atoms with Gasteiger partial charge in [-0.15, -0.1) is 0 Å². The molecule has 27 heavy (non-hydrogen) atoms. The molecule has 1 fully saturated rings. The van der Waals surface area contributed by atoms with Gasteiger partial charge in [0.1, 0.15) is 23.7 Å². The van der Waals surface area contributed by atoms with Crippen LogP contribution in [0.4, 0.5) is 8.78 Å². The average Bonchev–Trinajstić information content (AvgIpc) is 2.67. The molecular formula is C19H25F2N3O3. The van der Waals surface area contributed by atoms with E-state index in [2.05, 4.69) is 16.0 Å². The van der Waals surface area contributed by atoms with Gasteiger partial charge in [-0.05, 0) is 37.5 Å². The van der Waals surface area contributed by atoms with Crippen molar-refractivity contribution in [2.24, 2.45) is 0 Å². The van der Waals surface area contributed by atoms with E-state index >= 15 is 0 Å². The maximum absolute atomic E-state index is 13.2. The molecule has 2 unspecified atom stereocenters. The van der Waals surface area contributed by atoms with Crippen LogP contribution in [0.5, 0.6) is 0 Å². The second-order valence-electron chi connectivity index (χ2n) is 6.80. The Morgan fingerprint density at radius 1 is 1.15 bits per heavy atom. The second-order valence-corrected chi connectivity index (χ2v) is 6.80. The molecule has 0 aliphatic carbocycles. The van der Waals surface area contributed by atoms with Gasteiger partial charge in [0.05, 0.1) is 6.42 Å². The van der Waals surface area contributed by atoms with Crippen molar-refractivity contribution in [3.63, 3.8) is 0 Å². The second kappa shape index (κ2) is 9.99. The van der Waals surface area contributed by atoms with Gasteiger partial charge in [-0.25, -0.2) is 8.78 Å². The Bertz CT molecular complexity index is 677. The van der Waals surface area contributed by atoms with Crippen molar-refractivity contribution in [3.05, 3.63) is 35.4 Å². The van der Waals surface area contributed by atoms with Crippen molar-refractivity contribution >= 4 is 17.7 Å². The van der Waals surface area contributed by atoms with Crippen LogP contribution in [-0.4, -0.2) is 36.3 Å². The molecule has 0 radical (unpaired) electrons. The predicted molar refractivity (Wildman–Crippen MR) is 95.7 cm³/mol. The molecule has 2 rings (SSSR count). The van der Waals surface area contributed by atoms with Gasteiger partial charge in [0.2, 0.25) is 17.7 Å². The molecular weight excluding hydrogens is 356 g/mol. The number of carbonyl (C=O) groups is 3. The lowest BCUT2D eigenvalue weighted by Crippen LogP contribution is -2.52. The summed E-state index contributed by atoms with van der Waals surface area (Å²) in [7, 11) is 0. The van der Waals surface area contributed by atoms with E-state index in [9.17, 15) is 23.2 Å². The van der Waals surface area contributed by atoms with Gasteiger partial charge >= 0.3 is 0 Å². The minimum Gasteiger partial charge on any atom is -0.354 e. The Morgan fingerprint density at radius 3 is 2.52 bits per heavy atom. The predicted octanol–water partition coefficient (Wildman–Crippen LogP) is 1.58. The minimum atomic E-state index is -0.878. The molecule has 148 valence electrons. The lowest BCUT2D eigenvalue weighted by Gasteiger charge is -2.20. The summed E-state index contributed by atoms with van der Waals surface area (Å²) in [4.78, 5) is 36.5. The van der Waals surface area contributed by atoms with Gasteiger partial charge in [0.25, 0.3) is 0 Å². The van der Waals surface area contributed by atoms with Crippen LogP contribution in [-0.2, 0) is 20.8 Å². The van der Waals surface area contributed by atoms with Crippen LogP contribution >= 0.6 is 0 Å². The zero-order chi connectivity index (χ0) is 19.8. The first-order valence-corrected chi connectivity index (χ1v) is 9.17. The molecule has 2 atom stereocenters. The highest BCUT2D eigenvalue weighted by Crippen LogP contribution is 2.10. The Hall–Kier alpha value is -2.51. The third-order valence-corrected chi connectivity index (χ3v) is 4.41.